The van der Waals surface area contributed by atoms with E-state index < -0.39 is 0 Å². The Morgan fingerprint density at radius 1 is 1.26 bits per heavy atom. The lowest BCUT2D eigenvalue weighted by atomic mass is 10.1. The quantitative estimate of drug-likeness (QED) is 0.223. The molecule has 2 rings (SSSR count). The summed E-state index contributed by atoms with van der Waals surface area (Å²) in [7, 11) is 5.41. The maximum atomic E-state index is 5.73. The minimum atomic E-state index is 0. The van der Waals surface area contributed by atoms with Crippen LogP contribution < -0.4 is 14.8 Å². The van der Waals surface area contributed by atoms with Gasteiger partial charge < -0.3 is 24.4 Å². The summed E-state index contributed by atoms with van der Waals surface area (Å²) in [5.41, 5.74) is 1.10. The Bertz CT molecular complexity index is 580. The molecule has 1 aromatic rings. The van der Waals surface area contributed by atoms with Crippen molar-refractivity contribution in [3.63, 3.8) is 0 Å². The van der Waals surface area contributed by atoms with E-state index in [1.54, 1.807) is 14.2 Å². The van der Waals surface area contributed by atoms with E-state index in [0.717, 1.165) is 61.7 Å². The van der Waals surface area contributed by atoms with Crippen LogP contribution in [-0.4, -0.2) is 65.0 Å². The van der Waals surface area contributed by atoms with Gasteiger partial charge in [-0.1, -0.05) is 0 Å². The first-order valence-electron chi connectivity index (χ1n) is 9.46. The molecule has 154 valence electrons. The Morgan fingerprint density at radius 2 is 2.04 bits per heavy atom. The summed E-state index contributed by atoms with van der Waals surface area (Å²) in [6.45, 7) is 6.07. The number of benzene rings is 1. The number of nitrogens with zero attached hydrogens (tertiary/aromatic N) is 2. The van der Waals surface area contributed by atoms with Crippen molar-refractivity contribution in [1.29, 1.82) is 0 Å². The molecule has 0 radical (unpaired) electrons. The summed E-state index contributed by atoms with van der Waals surface area (Å²) >= 11 is 0. The fourth-order valence-corrected chi connectivity index (χ4v) is 2.67. The summed E-state index contributed by atoms with van der Waals surface area (Å²) in [5, 5.41) is 3.35. The molecule has 1 saturated carbocycles. The number of likely N-dealkylation sites (N-methyl/N-ethyl adjacent to an activating group) is 1. The van der Waals surface area contributed by atoms with Gasteiger partial charge in [0, 0.05) is 33.3 Å². The summed E-state index contributed by atoms with van der Waals surface area (Å²) in [5.74, 6) is 3.42. The van der Waals surface area contributed by atoms with Crippen LogP contribution in [0.4, 0.5) is 0 Å². The van der Waals surface area contributed by atoms with Crippen LogP contribution in [0.3, 0.4) is 0 Å². The predicted octanol–water partition coefficient (Wildman–Crippen LogP) is 3.19. The molecule has 0 aliphatic heterocycles. The lowest BCUT2D eigenvalue weighted by molar-refractivity contribution is 0.115. The van der Waals surface area contributed by atoms with E-state index in [4.69, 9.17) is 19.2 Å². The summed E-state index contributed by atoms with van der Waals surface area (Å²) in [6, 6.07) is 5.86. The normalized spacial score (nSPS) is 13.7. The Hall–Kier alpha value is -1.22. The third kappa shape index (κ3) is 8.55. The largest absolute Gasteiger partial charge is 0.497 e. The first kappa shape index (κ1) is 23.8. The topological polar surface area (TPSA) is 55.3 Å². The fraction of sp³-hybridized carbons (Fsp3) is 0.650. The molecule has 0 aromatic heterocycles. The van der Waals surface area contributed by atoms with E-state index in [9.17, 15) is 0 Å². The lowest BCUT2D eigenvalue weighted by Gasteiger charge is -2.22. The number of guanidine groups is 1. The smallest absolute Gasteiger partial charge is 0.193 e. The number of nitrogens with one attached hydrogen (secondary N) is 1. The van der Waals surface area contributed by atoms with Crippen LogP contribution in [-0.2, 0) is 11.2 Å². The first-order valence-corrected chi connectivity index (χ1v) is 9.46. The van der Waals surface area contributed by atoms with Crippen molar-refractivity contribution in [3.8, 4) is 11.5 Å². The van der Waals surface area contributed by atoms with Gasteiger partial charge >= 0.3 is 0 Å². The Labute approximate surface area is 180 Å². The van der Waals surface area contributed by atoms with Gasteiger partial charge in [-0.05, 0) is 55.9 Å². The van der Waals surface area contributed by atoms with Crippen LogP contribution in [0.15, 0.2) is 23.2 Å². The Kier molecular flexibility index (Phi) is 11.5. The van der Waals surface area contributed by atoms with Crippen LogP contribution >= 0.6 is 24.0 Å². The minimum Gasteiger partial charge on any atom is -0.497 e. The summed E-state index contributed by atoms with van der Waals surface area (Å²) in [6.07, 6.45) is 3.45. The molecular weight excluding hydrogens is 457 g/mol. The second-order valence-corrected chi connectivity index (χ2v) is 6.60. The second kappa shape index (κ2) is 13.0. The molecule has 6 nitrogen and oxygen atoms in total. The Morgan fingerprint density at radius 3 is 2.67 bits per heavy atom. The van der Waals surface area contributed by atoms with E-state index in [2.05, 4.69) is 17.1 Å². The highest BCUT2D eigenvalue weighted by molar-refractivity contribution is 14.0. The molecule has 0 unspecified atom stereocenters. The molecule has 1 fully saturated rings. The van der Waals surface area contributed by atoms with Gasteiger partial charge in [0.15, 0.2) is 5.96 Å². The number of rotatable bonds is 11. The molecule has 1 aromatic carbocycles. The van der Waals surface area contributed by atoms with Gasteiger partial charge in [-0.15, -0.1) is 24.0 Å². The monoisotopic (exact) mass is 491 g/mol. The minimum absolute atomic E-state index is 0. The molecule has 1 aliphatic carbocycles. The Balaban J connectivity index is 0.00000364. The maximum absolute atomic E-state index is 5.73. The molecule has 0 saturated heterocycles. The van der Waals surface area contributed by atoms with E-state index >= 15 is 0 Å². The van der Waals surface area contributed by atoms with Crippen LogP contribution in [0.2, 0.25) is 0 Å². The second-order valence-electron chi connectivity index (χ2n) is 6.60. The number of hydrogen-bond acceptors (Lipinski definition) is 4. The van der Waals surface area contributed by atoms with Gasteiger partial charge in [0.05, 0.1) is 20.8 Å². The van der Waals surface area contributed by atoms with Crippen molar-refractivity contribution < 1.29 is 14.2 Å². The molecule has 1 aliphatic rings. The van der Waals surface area contributed by atoms with Crippen molar-refractivity contribution in [2.45, 2.75) is 26.2 Å². The van der Waals surface area contributed by atoms with Gasteiger partial charge in [0.25, 0.3) is 0 Å². The van der Waals surface area contributed by atoms with Crippen molar-refractivity contribution in [2.24, 2.45) is 10.9 Å². The molecule has 1 N–H and O–H groups in total. The zero-order chi connectivity index (χ0) is 18.8. The average Bonchev–Trinajstić information content (AvgIpc) is 3.48. The summed E-state index contributed by atoms with van der Waals surface area (Å²) in [4.78, 5) is 6.87. The number of halogens is 1. The third-order valence-electron chi connectivity index (χ3n) is 4.45. The van der Waals surface area contributed by atoms with Gasteiger partial charge in [0.2, 0.25) is 0 Å². The predicted molar refractivity (Wildman–Crippen MR) is 121 cm³/mol. The number of hydrogen-bond donors (Lipinski definition) is 1. The van der Waals surface area contributed by atoms with E-state index in [0.29, 0.717) is 6.54 Å². The number of aliphatic imine (C=N–C) groups is 1. The zero-order valence-electron chi connectivity index (χ0n) is 17.0. The van der Waals surface area contributed by atoms with Crippen molar-refractivity contribution in [3.05, 3.63) is 23.8 Å². The molecular formula is C20H34IN3O3. The molecule has 27 heavy (non-hydrogen) atoms. The maximum Gasteiger partial charge on any atom is 0.193 e. The van der Waals surface area contributed by atoms with Crippen LogP contribution in [0.5, 0.6) is 11.5 Å². The molecule has 7 heteroatoms. The molecule has 0 bridgehead atoms. The highest BCUT2D eigenvalue weighted by Gasteiger charge is 2.21. The van der Waals surface area contributed by atoms with Gasteiger partial charge in [-0.3, -0.25) is 4.99 Å². The number of ether oxygens (including phenoxy) is 3. The fourth-order valence-electron chi connectivity index (χ4n) is 2.67. The first-order chi connectivity index (χ1) is 12.7. The molecule has 0 spiro atoms. The van der Waals surface area contributed by atoms with Crippen LogP contribution in [0, 0.1) is 5.92 Å². The lowest BCUT2D eigenvalue weighted by Crippen LogP contribution is -2.40. The molecule has 0 heterocycles. The zero-order valence-corrected chi connectivity index (χ0v) is 19.3. The van der Waals surface area contributed by atoms with E-state index in [1.807, 2.05) is 25.2 Å². The highest BCUT2D eigenvalue weighted by Crippen LogP contribution is 2.28. The van der Waals surface area contributed by atoms with Crippen LogP contribution in [0.1, 0.15) is 25.3 Å². The third-order valence-corrected chi connectivity index (χ3v) is 4.45. The van der Waals surface area contributed by atoms with E-state index in [-0.39, 0.29) is 24.0 Å². The summed E-state index contributed by atoms with van der Waals surface area (Å²) < 4.78 is 16.5. The molecule has 0 amide bonds. The van der Waals surface area contributed by atoms with Gasteiger partial charge in [-0.25, -0.2) is 0 Å². The van der Waals surface area contributed by atoms with Crippen molar-refractivity contribution >= 4 is 29.9 Å². The SMILES string of the molecule is CCNC(=NCCc1cc(OC)ccc1OC)N(C)CCOCC1CC1.I. The highest BCUT2D eigenvalue weighted by atomic mass is 127. The van der Waals surface area contributed by atoms with Crippen LogP contribution in [0.25, 0.3) is 0 Å². The van der Waals surface area contributed by atoms with Crippen molar-refractivity contribution in [2.75, 3.05) is 54.1 Å². The van der Waals surface area contributed by atoms with Crippen molar-refractivity contribution in [1.82, 2.24) is 10.2 Å². The van der Waals surface area contributed by atoms with E-state index in [1.165, 1.54) is 12.8 Å². The average molecular weight is 491 g/mol. The number of methoxy groups -OCH3 is 2. The van der Waals surface area contributed by atoms with Gasteiger partial charge in [-0.2, -0.15) is 0 Å². The standard InChI is InChI=1S/C20H33N3O3.HI/c1-5-21-20(23(2)12-13-26-15-16-6-7-16)22-11-10-17-14-18(24-3)8-9-19(17)25-4;/h8-9,14,16H,5-7,10-13,15H2,1-4H3,(H,21,22);1H. The molecule has 0 atom stereocenters. The van der Waals surface area contributed by atoms with Gasteiger partial charge in [0.1, 0.15) is 11.5 Å².